The van der Waals surface area contributed by atoms with Gasteiger partial charge in [0.15, 0.2) is 0 Å². The van der Waals surface area contributed by atoms with E-state index in [4.69, 9.17) is 19.6 Å². The molecule has 0 bridgehead atoms. The van der Waals surface area contributed by atoms with Crippen LogP contribution in [0, 0.1) is 11.3 Å². The fraction of sp³-hybridized carbons (Fsp3) is 0.357. The van der Waals surface area contributed by atoms with Crippen molar-refractivity contribution in [3.63, 3.8) is 0 Å². The zero-order valence-corrected chi connectivity index (χ0v) is 22.2. The Hall–Kier alpha value is -4.34. The summed E-state index contributed by atoms with van der Waals surface area (Å²) in [6.45, 7) is 3.11. The van der Waals surface area contributed by atoms with Crippen LogP contribution < -0.4 is 30.4 Å². The van der Waals surface area contributed by atoms with Gasteiger partial charge in [-0.05, 0) is 43.2 Å². The Balaban J connectivity index is 1.33. The van der Waals surface area contributed by atoms with Gasteiger partial charge in [0.2, 0.25) is 5.88 Å². The molecule has 3 aromatic rings. The van der Waals surface area contributed by atoms with Gasteiger partial charge in [0.25, 0.3) is 5.56 Å². The molecule has 10 nitrogen and oxygen atoms in total. The zero-order chi connectivity index (χ0) is 27.1. The van der Waals surface area contributed by atoms with E-state index in [2.05, 4.69) is 20.7 Å². The first-order chi connectivity index (χ1) is 18.4. The Morgan fingerprint density at radius 3 is 2.55 bits per heavy atom. The third-order valence-corrected chi connectivity index (χ3v) is 6.48. The molecule has 0 saturated heterocycles. The summed E-state index contributed by atoms with van der Waals surface area (Å²) >= 11 is 0. The van der Waals surface area contributed by atoms with Gasteiger partial charge in [0.1, 0.15) is 17.2 Å². The molecule has 4 rings (SSSR count). The smallest absolute Gasteiger partial charge is 0.290 e. The van der Waals surface area contributed by atoms with Crippen molar-refractivity contribution in [3.05, 3.63) is 82.0 Å². The number of nitrogens with zero attached hydrogens (tertiary/aromatic N) is 3. The molecule has 1 saturated carbocycles. The van der Waals surface area contributed by atoms with Gasteiger partial charge in [0.05, 0.1) is 27.0 Å². The lowest BCUT2D eigenvalue weighted by Crippen LogP contribution is -2.25. The monoisotopic (exact) mass is 518 g/mol. The van der Waals surface area contributed by atoms with Gasteiger partial charge < -0.3 is 30.3 Å². The van der Waals surface area contributed by atoms with Crippen LogP contribution in [0.2, 0.25) is 0 Å². The minimum absolute atomic E-state index is 0.266. The molecule has 10 heteroatoms. The summed E-state index contributed by atoms with van der Waals surface area (Å²) in [6, 6.07) is 13.3. The van der Waals surface area contributed by atoms with Gasteiger partial charge in [-0.3, -0.25) is 9.78 Å². The summed E-state index contributed by atoms with van der Waals surface area (Å²) in [5.74, 6) is 2.61. The lowest BCUT2D eigenvalue weighted by molar-refractivity contribution is 0.278. The van der Waals surface area contributed by atoms with Crippen LogP contribution in [-0.4, -0.2) is 47.8 Å². The number of pyridine rings is 1. The van der Waals surface area contributed by atoms with Gasteiger partial charge in [0, 0.05) is 61.2 Å². The minimum atomic E-state index is -0.266. The summed E-state index contributed by atoms with van der Waals surface area (Å²) in [4.78, 5) is 17.1. The topological polar surface area (TPSA) is 123 Å². The number of hydrogen-bond donors (Lipinski definition) is 3. The maximum absolute atomic E-state index is 12.7. The Morgan fingerprint density at radius 1 is 1.16 bits per heavy atom. The molecule has 0 spiro atoms. The van der Waals surface area contributed by atoms with Crippen LogP contribution in [0.15, 0.2) is 65.2 Å². The lowest BCUT2D eigenvalue weighted by Gasteiger charge is -2.13. The van der Waals surface area contributed by atoms with Gasteiger partial charge in [-0.1, -0.05) is 12.1 Å². The summed E-state index contributed by atoms with van der Waals surface area (Å²) in [5, 5.41) is 18.8. The number of hydrogen-bond acceptors (Lipinski definition) is 9. The summed E-state index contributed by atoms with van der Waals surface area (Å²) in [7, 11) is 4.85. The molecule has 0 radical (unpaired) electrons. The van der Waals surface area contributed by atoms with E-state index in [0.717, 1.165) is 34.8 Å². The van der Waals surface area contributed by atoms with E-state index < -0.39 is 0 Å². The first kappa shape index (κ1) is 26.7. The van der Waals surface area contributed by atoms with Crippen molar-refractivity contribution in [1.29, 1.82) is 5.41 Å². The van der Waals surface area contributed by atoms with Crippen molar-refractivity contribution in [2.75, 3.05) is 32.7 Å². The Kier molecular flexibility index (Phi) is 8.62. The highest BCUT2D eigenvalue weighted by Crippen LogP contribution is 2.46. The standard InChI is InChI=1S/C28H34N6O4/c1-18(29)21(14-30-13-19-5-7-22(36-3)8-6-19)15-31-26-12-27(33-34(2)28(26)35)38-17-20-11-24(20)25-10-9-23(37-4)16-32-25/h5-10,12,14,16,20,24,29-31H,11,13,15,17H2,1-4H3/b21-14-,29-18?/t20-,24+/m1/s1. The zero-order valence-electron chi connectivity index (χ0n) is 22.2. The number of benzene rings is 1. The Labute approximate surface area is 222 Å². The first-order valence-corrected chi connectivity index (χ1v) is 12.4. The van der Waals surface area contributed by atoms with Crippen molar-refractivity contribution >= 4 is 11.4 Å². The van der Waals surface area contributed by atoms with E-state index in [0.29, 0.717) is 48.8 Å². The van der Waals surface area contributed by atoms with Crippen molar-refractivity contribution < 1.29 is 14.2 Å². The molecule has 200 valence electrons. The average Bonchev–Trinajstić information content (AvgIpc) is 3.71. The highest BCUT2D eigenvalue weighted by molar-refractivity contribution is 5.96. The Bertz CT molecular complexity index is 1330. The van der Waals surface area contributed by atoms with E-state index in [1.807, 2.05) is 36.4 Å². The molecular weight excluding hydrogens is 484 g/mol. The van der Waals surface area contributed by atoms with Crippen molar-refractivity contribution in [2.24, 2.45) is 13.0 Å². The molecule has 2 heterocycles. The van der Waals surface area contributed by atoms with Crippen LogP contribution in [0.5, 0.6) is 17.4 Å². The number of methoxy groups -OCH3 is 2. The number of rotatable bonds is 13. The van der Waals surface area contributed by atoms with Crippen LogP contribution in [0.25, 0.3) is 0 Å². The van der Waals surface area contributed by atoms with Crippen LogP contribution in [0.1, 0.15) is 30.5 Å². The minimum Gasteiger partial charge on any atom is -0.497 e. The van der Waals surface area contributed by atoms with Crippen LogP contribution in [0.4, 0.5) is 5.69 Å². The normalized spacial score (nSPS) is 16.5. The molecule has 0 aliphatic heterocycles. The van der Waals surface area contributed by atoms with Gasteiger partial charge in [-0.25, -0.2) is 4.68 Å². The van der Waals surface area contributed by atoms with Crippen LogP contribution in [-0.2, 0) is 13.6 Å². The summed E-state index contributed by atoms with van der Waals surface area (Å²) in [6.07, 6.45) is 4.51. The SMILES string of the molecule is COc1ccc(CN/C=C(/CNc2cc(OC[C@H]3C[C@@H]3c3ccc(OC)cn3)nn(C)c2=O)C(C)=N)cc1. The highest BCUT2D eigenvalue weighted by atomic mass is 16.5. The van der Waals surface area contributed by atoms with Crippen LogP contribution >= 0.6 is 0 Å². The van der Waals surface area contributed by atoms with Gasteiger partial charge in [-0.15, -0.1) is 5.10 Å². The first-order valence-electron chi connectivity index (χ1n) is 12.4. The summed E-state index contributed by atoms with van der Waals surface area (Å²) in [5.41, 5.74) is 3.34. The molecule has 1 aromatic carbocycles. The van der Waals surface area contributed by atoms with E-state index in [1.54, 1.807) is 46.7 Å². The number of anilines is 1. The fourth-order valence-corrected chi connectivity index (χ4v) is 4.01. The molecule has 1 aliphatic rings. The summed E-state index contributed by atoms with van der Waals surface area (Å²) < 4.78 is 17.6. The van der Waals surface area contributed by atoms with Gasteiger partial charge in [-0.2, -0.15) is 0 Å². The fourth-order valence-electron chi connectivity index (χ4n) is 4.01. The Morgan fingerprint density at radius 2 is 1.89 bits per heavy atom. The molecule has 0 unspecified atom stereocenters. The maximum Gasteiger partial charge on any atom is 0.290 e. The molecule has 38 heavy (non-hydrogen) atoms. The average molecular weight is 519 g/mol. The lowest BCUT2D eigenvalue weighted by atomic mass is 10.2. The van der Waals surface area contributed by atoms with Crippen molar-refractivity contribution in [2.45, 2.75) is 25.8 Å². The third-order valence-electron chi connectivity index (χ3n) is 6.48. The van der Waals surface area contributed by atoms with E-state index >= 15 is 0 Å². The molecule has 3 N–H and O–H groups in total. The highest BCUT2D eigenvalue weighted by Gasteiger charge is 2.40. The number of ether oxygens (including phenoxy) is 3. The molecule has 1 fully saturated rings. The molecule has 2 aromatic heterocycles. The second-order valence-corrected chi connectivity index (χ2v) is 9.24. The second kappa shape index (κ2) is 12.3. The maximum atomic E-state index is 12.7. The molecule has 0 amide bonds. The van der Waals surface area contributed by atoms with E-state index in [-0.39, 0.29) is 5.56 Å². The van der Waals surface area contributed by atoms with Crippen LogP contribution in [0.3, 0.4) is 0 Å². The van der Waals surface area contributed by atoms with E-state index in [9.17, 15) is 4.79 Å². The quantitative estimate of drug-likeness (QED) is 0.294. The molecule has 2 atom stereocenters. The number of nitrogens with one attached hydrogen (secondary N) is 3. The third kappa shape index (κ3) is 6.90. The van der Waals surface area contributed by atoms with Crippen molar-refractivity contribution in [1.82, 2.24) is 20.1 Å². The predicted molar refractivity (Wildman–Crippen MR) is 146 cm³/mol. The van der Waals surface area contributed by atoms with Crippen molar-refractivity contribution in [3.8, 4) is 17.4 Å². The van der Waals surface area contributed by atoms with E-state index in [1.165, 1.54) is 4.68 Å². The predicted octanol–water partition coefficient (Wildman–Crippen LogP) is 3.50. The second-order valence-electron chi connectivity index (χ2n) is 9.24. The molecular formula is C28H34N6O4. The molecule has 1 aliphatic carbocycles. The number of aromatic nitrogens is 3. The number of aryl methyl sites for hydroxylation is 1. The van der Waals surface area contributed by atoms with Gasteiger partial charge >= 0.3 is 0 Å². The largest absolute Gasteiger partial charge is 0.497 e.